The lowest BCUT2D eigenvalue weighted by atomic mass is 10.1. The highest BCUT2D eigenvalue weighted by atomic mass is 16.5. The Morgan fingerprint density at radius 1 is 1.07 bits per heavy atom. The zero-order valence-electron chi connectivity index (χ0n) is 15.9. The second-order valence-corrected chi connectivity index (χ2v) is 6.35. The molecule has 1 fully saturated rings. The van der Waals surface area contributed by atoms with E-state index < -0.39 is 0 Å². The summed E-state index contributed by atoms with van der Waals surface area (Å²) >= 11 is 0. The molecule has 6 nitrogen and oxygen atoms in total. The van der Waals surface area contributed by atoms with Gasteiger partial charge in [-0.15, -0.1) is 0 Å². The summed E-state index contributed by atoms with van der Waals surface area (Å²) in [6, 6.07) is 13.5. The molecule has 1 aliphatic rings. The van der Waals surface area contributed by atoms with Crippen molar-refractivity contribution in [2.24, 2.45) is 0 Å². The maximum atomic E-state index is 13.1. The van der Waals surface area contributed by atoms with Gasteiger partial charge in [0.05, 0.1) is 34.0 Å². The number of hydrogen-bond acceptors (Lipinski definition) is 5. The average Bonchev–Trinajstić information content (AvgIpc) is 2.73. The minimum Gasteiger partial charge on any atom is -0.493 e. The van der Waals surface area contributed by atoms with Crippen molar-refractivity contribution in [3.05, 3.63) is 53.6 Å². The van der Waals surface area contributed by atoms with E-state index in [2.05, 4.69) is 12.1 Å². The molecule has 0 bridgehead atoms. The lowest BCUT2D eigenvalue weighted by Gasteiger charge is -2.33. The molecule has 1 atom stereocenters. The highest BCUT2D eigenvalue weighted by Gasteiger charge is 2.27. The van der Waals surface area contributed by atoms with E-state index >= 15 is 0 Å². The molecule has 1 heterocycles. The largest absolute Gasteiger partial charge is 0.493 e. The molecule has 0 aromatic heterocycles. The number of carbonyl (C=O) groups excluding carboxylic acids is 1. The van der Waals surface area contributed by atoms with Gasteiger partial charge in [-0.2, -0.15) is 0 Å². The molecule has 1 amide bonds. The SMILES string of the molecule is COc1cc(C(=O)N2CCOC(Cc3ccccc3)C2)cc(OC)c1OC. The Morgan fingerprint density at radius 2 is 1.74 bits per heavy atom. The molecule has 144 valence electrons. The van der Waals surface area contributed by atoms with Crippen LogP contribution in [0.15, 0.2) is 42.5 Å². The van der Waals surface area contributed by atoms with Gasteiger partial charge in [-0.25, -0.2) is 0 Å². The van der Waals surface area contributed by atoms with E-state index in [1.165, 1.54) is 26.9 Å². The normalized spacial score (nSPS) is 16.7. The first-order valence-corrected chi connectivity index (χ1v) is 8.91. The Balaban J connectivity index is 1.76. The van der Waals surface area contributed by atoms with Gasteiger partial charge < -0.3 is 23.8 Å². The van der Waals surface area contributed by atoms with Gasteiger partial charge in [-0.1, -0.05) is 30.3 Å². The molecule has 2 aromatic carbocycles. The number of carbonyl (C=O) groups is 1. The van der Waals surface area contributed by atoms with E-state index in [0.29, 0.717) is 42.5 Å². The molecule has 0 spiro atoms. The molecule has 1 unspecified atom stereocenters. The van der Waals surface area contributed by atoms with Crippen LogP contribution in [-0.2, 0) is 11.2 Å². The fourth-order valence-corrected chi connectivity index (χ4v) is 3.29. The van der Waals surface area contributed by atoms with Crippen molar-refractivity contribution < 1.29 is 23.7 Å². The molecule has 0 saturated carbocycles. The lowest BCUT2D eigenvalue weighted by molar-refractivity contribution is -0.0208. The van der Waals surface area contributed by atoms with Gasteiger partial charge in [-0.05, 0) is 17.7 Å². The van der Waals surface area contributed by atoms with Crippen molar-refractivity contribution in [2.75, 3.05) is 41.0 Å². The van der Waals surface area contributed by atoms with Crippen molar-refractivity contribution in [1.82, 2.24) is 4.90 Å². The van der Waals surface area contributed by atoms with Crippen molar-refractivity contribution >= 4 is 5.91 Å². The molecular formula is C21H25NO5. The first-order valence-electron chi connectivity index (χ1n) is 8.91. The third-order valence-electron chi connectivity index (χ3n) is 4.64. The third kappa shape index (κ3) is 4.34. The fourth-order valence-electron chi connectivity index (χ4n) is 3.29. The van der Waals surface area contributed by atoms with Crippen molar-refractivity contribution in [3.8, 4) is 17.2 Å². The molecule has 3 rings (SSSR count). The van der Waals surface area contributed by atoms with E-state index in [1.807, 2.05) is 23.1 Å². The lowest BCUT2D eigenvalue weighted by Crippen LogP contribution is -2.46. The molecular weight excluding hydrogens is 346 g/mol. The summed E-state index contributed by atoms with van der Waals surface area (Å²) < 4.78 is 21.9. The number of hydrogen-bond donors (Lipinski definition) is 0. The van der Waals surface area contributed by atoms with Crippen molar-refractivity contribution in [1.29, 1.82) is 0 Å². The number of nitrogens with zero attached hydrogens (tertiary/aromatic N) is 1. The molecule has 0 aliphatic carbocycles. The maximum Gasteiger partial charge on any atom is 0.254 e. The van der Waals surface area contributed by atoms with Crippen molar-refractivity contribution in [2.45, 2.75) is 12.5 Å². The second-order valence-electron chi connectivity index (χ2n) is 6.35. The van der Waals surface area contributed by atoms with Crippen LogP contribution in [-0.4, -0.2) is 57.9 Å². The van der Waals surface area contributed by atoms with E-state index in [0.717, 1.165) is 6.42 Å². The van der Waals surface area contributed by atoms with Crippen LogP contribution in [0.3, 0.4) is 0 Å². The highest BCUT2D eigenvalue weighted by Crippen LogP contribution is 2.38. The summed E-state index contributed by atoms with van der Waals surface area (Å²) in [6.07, 6.45) is 0.756. The van der Waals surface area contributed by atoms with Crippen LogP contribution in [0, 0.1) is 0 Å². The summed E-state index contributed by atoms with van der Waals surface area (Å²) in [6.45, 7) is 1.62. The monoisotopic (exact) mass is 371 g/mol. The maximum absolute atomic E-state index is 13.1. The van der Waals surface area contributed by atoms with Crippen LogP contribution in [0.25, 0.3) is 0 Å². The third-order valence-corrected chi connectivity index (χ3v) is 4.64. The number of amides is 1. The molecule has 1 aliphatic heterocycles. The van der Waals surface area contributed by atoms with Gasteiger partial charge >= 0.3 is 0 Å². The first-order chi connectivity index (χ1) is 13.2. The van der Waals surface area contributed by atoms with Gasteiger partial charge in [0.1, 0.15) is 0 Å². The Kier molecular flexibility index (Phi) is 6.19. The van der Waals surface area contributed by atoms with E-state index in [9.17, 15) is 4.79 Å². The second kappa shape index (κ2) is 8.77. The van der Waals surface area contributed by atoms with E-state index in [1.54, 1.807) is 12.1 Å². The topological polar surface area (TPSA) is 57.2 Å². The van der Waals surface area contributed by atoms with E-state index in [4.69, 9.17) is 18.9 Å². The van der Waals surface area contributed by atoms with Crippen LogP contribution in [0.4, 0.5) is 0 Å². The number of morpholine rings is 1. The predicted molar refractivity (Wildman–Crippen MR) is 102 cm³/mol. The Bertz CT molecular complexity index is 752. The number of ether oxygens (including phenoxy) is 4. The van der Waals surface area contributed by atoms with Crippen LogP contribution in [0.2, 0.25) is 0 Å². The molecule has 0 N–H and O–H groups in total. The minimum atomic E-state index is -0.0735. The Hall–Kier alpha value is -2.73. The van der Waals surface area contributed by atoms with Gasteiger partial charge in [0.2, 0.25) is 5.75 Å². The molecule has 0 radical (unpaired) electrons. The van der Waals surface area contributed by atoms with Gasteiger partial charge in [0.25, 0.3) is 5.91 Å². The standard InChI is InChI=1S/C21H25NO5/c1-24-18-12-16(13-19(25-2)20(18)26-3)21(23)22-9-10-27-17(14-22)11-15-7-5-4-6-8-15/h4-8,12-13,17H,9-11,14H2,1-3H3. The van der Waals surface area contributed by atoms with Gasteiger partial charge in [-0.3, -0.25) is 4.79 Å². The zero-order chi connectivity index (χ0) is 19.2. The molecule has 6 heteroatoms. The summed E-state index contributed by atoms with van der Waals surface area (Å²) in [4.78, 5) is 14.9. The minimum absolute atomic E-state index is 0.0212. The van der Waals surface area contributed by atoms with Gasteiger partial charge in [0, 0.05) is 25.1 Å². The first kappa shape index (κ1) is 19.0. The highest BCUT2D eigenvalue weighted by molar-refractivity contribution is 5.95. The van der Waals surface area contributed by atoms with Crippen LogP contribution in [0.5, 0.6) is 17.2 Å². The molecule has 1 saturated heterocycles. The fraction of sp³-hybridized carbons (Fsp3) is 0.381. The quantitative estimate of drug-likeness (QED) is 0.782. The van der Waals surface area contributed by atoms with Gasteiger partial charge in [0.15, 0.2) is 11.5 Å². The number of benzene rings is 2. The number of rotatable bonds is 6. The van der Waals surface area contributed by atoms with Crippen LogP contribution in [0.1, 0.15) is 15.9 Å². The summed E-state index contributed by atoms with van der Waals surface area (Å²) in [5.41, 5.74) is 1.70. The predicted octanol–water partition coefficient (Wildman–Crippen LogP) is 2.80. The molecule has 27 heavy (non-hydrogen) atoms. The summed E-state index contributed by atoms with van der Waals surface area (Å²) in [7, 11) is 4.62. The van der Waals surface area contributed by atoms with E-state index in [-0.39, 0.29) is 12.0 Å². The van der Waals surface area contributed by atoms with Crippen LogP contribution >= 0.6 is 0 Å². The van der Waals surface area contributed by atoms with Crippen LogP contribution < -0.4 is 14.2 Å². The number of methoxy groups -OCH3 is 3. The van der Waals surface area contributed by atoms with Crippen molar-refractivity contribution in [3.63, 3.8) is 0 Å². The molecule has 2 aromatic rings. The average molecular weight is 371 g/mol. The zero-order valence-corrected chi connectivity index (χ0v) is 15.9. The summed E-state index contributed by atoms with van der Waals surface area (Å²) in [5, 5.41) is 0. The Labute approximate surface area is 159 Å². The smallest absolute Gasteiger partial charge is 0.254 e. The Morgan fingerprint density at radius 3 is 2.33 bits per heavy atom. The summed E-state index contributed by atoms with van der Waals surface area (Å²) in [5.74, 6) is 1.33.